The molecule has 3 N–H and O–H groups in total. The van der Waals surface area contributed by atoms with Gasteiger partial charge in [0.1, 0.15) is 19.3 Å². The Hall–Kier alpha value is -1.94. The number of unbranched alkanes of at least 4 members (excludes halogenated alkanes) is 51. The first-order chi connectivity index (χ1) is 48.9. The van der Waals surface area contributed by atoms with E-state index < -0.39 is 97.5 Å². The van der Waals surface area contributed by atoms with Gasteiger partial charge in [-0.25, -0.2) is 9.13 Å². The molecule has 0 aliphatic heterocycles. The van der Waals surface area contributed by atoms with Crippen LogP contribution in [0.4, 0.5) is 0 Å². The third-order valence-electron chi connectivity index (χ3n) is 19.2. The predicted molar refractivity (Wildman–Crippen MR) is 414 cm³/mol. The summed E-state index contributed by atoms with van der Waals surface area (Å²) < 4.78 is 68.8. The Bertz CT molecular complexity index is 1940. The van der Waals surface area contributed by atoms with E-state index in [1.165, 1.54) is 250 Å². The summed E-state index contributed by atoms with van der Waals surface area (Å²) in [5.74, 6) is -0.536. The molecule has 0 spiro atoms. The molecular formula is C82H160O17P2. The molecule has 0 fully saturated rings. The van der Waals surface area contributed by atoms with Crippen molar-refractivity contribution in [2.24, 2.45) is 11.8 Å². The molecule has 0 amide bonds. The number of phosphoric ester groups is 2. The number of aliphatic hydroxyl groups excluding tert-OH is 1. The minimum atomic E-state index is -4.96. The number of phosphoric acid groups is 2. The van der Waals surface area contributed by atoms with E-state index in [0.717, 1.165) is 102 Å². The van der Waals surface area contributed by atoms with E-state index in [1.54, 1.807) is 0 Å². The monoisotopic (exact) mass is 1480 g/mol. The summed E-state index contributed by atoms with van der Waals surface area (Å²) >= 11 is 0. The van der Waals surface area contributed by atoms with Gasteiger partial charge in [-0.2, -0.15) is 0 Å². The van der Waals surface area contributed by atoms with Gasteiger partial charge in [-0.05, 0) is 37.5 Å². The van der Waals surface area contributed by atoms with Crippen LogP contribution in [0.1, 0.15) is 433 Å². The number of hydrogen-bond acceptors (Lipinski definition) is 15. The molecule has 0 saturated heterocycles. The predicted octanol–water partition coefficient (Wildman–Crippen LogP) is 24.7. The highest BCUT2D eigenvalue weighted by atomic mass is 31.2. The standard InChI is InChI=1S/C82H160O17P2/c1-7-9-11-13-15-17-19-21-25-30-33-40-46-52-58-64-79(84)92-70-77(98-82(87)67-61-55-49-43-35-31-27-24-23-26-28-32-38-44-50-56-62-74(3)4)72-96-100(88,89)94-68-76(83)69-95-101(90,91)97-73-78(71-93-80(85)65-59-53-47-41-37-36-39-45-51-57-63-75(5)6)99-81(86)66-60-54-48-42-34-29-22-20-18-16-14-12-10-8-2/h74-78,83H,7-73H2,1-6H3,(H,88,89)(H,90,91)/t76-,77-,78-/m1/s1. The lowest BCUT2D eigenvalue weighted by Gasteiger charge is -2.21. The van der Waals surface area contributed by atoms with Gasteiger partial charge in [-0.3, -0.25) is 37.3 Å². The van der Waals surface area contributed by atoms with E-state index in [0.29, 0.717) is 25.7 Å². The van der Waals surface area contributed by atoms with Crippen LogP contribution in [0.2, 0.25) is 0 Å². The average Bonchev–Trinajstić information content (AvgIpc) is 0.981. The van der Waals surface area contributed by atoms with Crippen molar-refractivity contribution in [1.82, 2.24) is 0 Å². The van der Waals surface area contributed by atoms with Crippen molar-refractivity contribution in [2.45, 2.75) is 452 Å². The first-order valence-corrected chi connectivity index (χ1v) is 45.5. The molecule has 19 heteroatoms. The van der Waals surface area contributed by atoms with Gasteiger partial charge in [0, 0.05) is 25.7 Å². The molecule has 0 saturated carbocycles. The molecule has 0 aromatic rings. The van der Waals surface area contributed by atoms with Crippen LogP contribution in [0, 0.1) is 11.8 Å². The van der Waals surface area contributed by atoms with Crippen LogP contribution in [-0.2, 0) is 65.4 Å². The van der Waals surface area contributed by atoms with E-state index >= 15 is 0 Å². The van der Waals surface area contributed by atoms with Crippen molar-refractivity contribution in [2.75, 3.05) is 39.6 Å². The van der Waals surface area contributed by atoms with Crippen molar-refractivity contribution in [1.29, 1.82) is 0 Å². The van der Waals surface area contributed by atoms with Crippen molar-refractivity contribution in [3.8, 4) is 0 Å². The molecule has 0 aliphatic carbocycles. The first kappa shape index (κ1) is 99.1. The fourth-order valence-corrected chi connectivity index (χ4v) is 14.3. The van der Waals surface area contributed by atoms with Crippen molar-refractivity contribution in [3.63, 3.8) is 0 Å². The molecule has 0 aromatic heterocycles. The Balaban J connectivity index is 5.26. The summed E-state index contributed by atoms with van der Waals surface area (Å²) in [6.45, 7) is 9.68. The molecular weight excluding hydrogens is 1320 g/mol. The van der Waals surface area contributed by atoms with Gasteiger partial charge in [0.2, 0.25) is 0 Å². The van der Waals surface area contributed by atoms with Gasteiger partial charge in [0.15, 0.2) is 12.2 Å². The Kier molecular flexibility index (Phi) is 72.2. The maximum atomic E-state index is 13.1. The number of carbonyl (C=O) groups is 4. The zero-order valence-corrected chi connectivity index (χ0v) is 68.0. The number of hydrogen-bond donors (Lipinski definition) is 3. The van der Waals surface area contributed by atoms with E-state index in [4.69, 9.17) is 37.0 Å². The average molecular weight is 1480 g/mol. The number of esters is 4. The minimum Gasteiger partial charge on any atom is -0.462 e. The van der Waals surface area contributed by atoms with Gasteiger partial charge < -0.3 is 33.8 Å². The van der Waals surface area contributed by atoms with E-state index in [1.807, 2.05) is 0 Å². The van der Waals surface area contributed by atoms with Gasteiger partial charge in [-0.15, -0.1) is 0 Å². The third-order valence-corrected chi connectivity index (χ3v) is 21.1. The molecule has 17 nitrogen and oxygen atoms in total. The lowest BCUT2D eigenvalue weighted by Crippen LogP contribution is -2.30. The lowest BCUT2D eigenvalue weighted by atomic mass is 10.0. The second-order valence-electron chi connectivity index (χ2n) is 30.5. The summed E-state index contributed by atoms with van der Waals surface area (Å²) in [7, 11) is -9.92. The van der Waals surface area contributed by atoms with E-state index in [9.17, 15) is 43.2 Å². The van der Waals surface area contributed by atoms with Crippen LogP contribution in [0.3, 0.4) is 0 Å². The summed E-state index contributed by atoms with van der Waals surface area (Å²) in [4.78, 5) is 73.1. The molecule has 0 bridgehead atoms. The Morgan fingerprint density at radius 3 is 0.673 bits per heavy atom. The van der Waals surface area contributed by atoms with Crippen LogP contribution < -0.4 is 0 Å². The fraction of sp³-hybridized carbons (Fsp3) is 0.951. The largest absolute Gasteiger partial charge is 0.472 e. The second-order valence-corrected chi connectivity index (χ2v) is 33.4. The van der Waals surface area contributed by atoms with Gasteiger partial charge in [0.25, 0.3) is 0 Å². The molecule has 101 heavy (non-hydrogen) atoms. The molecule has 0 rings (SSSR count). The molecule has 600 valence electrons. The summed E-state index contributed by atoms with van der Waals surface area (Å²) in [5.41, 5.74) is 0. The lowest BCUT2D eigenvalue weighted by molar-refractivity contribution is -0.161. The quantitative estimate of drug-likeness (QED) is 0.0222. The highest BCUT2D eigenvalue weighted by Gasteiger charge is 2.30. The van der Waals surface area contributed by atoms with Gasteiger partial charge >= 0.3 is 39.5 Å². The van der Waals surface area contributed by atoms with Crippen molar-refractivity contribution < 1.29 is 80.2 Å². The summed E-state index contributed by atoms with van der Waals surface area (Å²) in [5, 5.41) is 10.7. The minimum absolute atomic E-state index is 0.108. The molecule has 0 aliphatic rings. The van der Waals surface area contributed by atoms with E-state index in [-0.39, 0.29) is 25.7 Å². The van der Waals surface area contributed by atoms with Crippen LogP contribution >= 0.6 is 15.6 Å². The third kappa shape index (κ3) is 76.1. The van der Waals surface area contributed by atoms with Crippen molar-refractivity contribution >= 4 is 39.5 Å². The fourth-order valence-electron chi connectivity index (χ4n) is 12.7. The maximum Gasteiger partial charge on any atom is 0.472 e. The smallest absolute Gasteiger partial charge is 0.462 e. The second kappa shape index (κ2) is 73.6. The van der Waals surface area contributed by atoms with Gasteiger partial charge in [-0.1, -0.05) is 382 Å². The molecule has 0 heterocycles. The Morgan fingerprint density at radius 2 is 0.455 bits per heavy atom. The summed E-state index contributed by atoms with van der Waals surface area (Å²) in [6.07, 6.45) is 63.7. The zero-order valence-electron chi connectivity index (χ0n) is 66.2. The molecule has 5 atom stereocenters. The summed E-state index contributed by atoms with van der Waals surface area (Å²) in [6, 6.07) is 0. The van der Waals surface area contributed by atoms with Crippen LogP contribution in [-0.4, -0.2) is 96.7 Å². The molecule has 0 radical (unpaired) electrons. The van der Waals surface area contributed by atoms with Crippen LogP contribution in [0.5, 0.6) is 0 Å². The van der Waals surface area contributed by atoms with E-state index in [2.05, 4.69) is 41.5 Å². The first-order valence-electron chi connectivity index (χ1n) is 42.5. The molecule has 0 aromatic carbocycles. The van der Waals surface area contributed by atoms with Gasteiger partial charge in [0.05, 0.1) is 26.4 Å². The van der Waals surface area contributed by atoms with Crippen molar-refractivity contribution in [3.05, 3.63) is 0 Å². The Labute approximate surface area is 619 Å². The molecule has 2 unspecified atom stereocenters. The maximum absolute atomic E-state index is 13.1. The highest BCUT2D eigenvalue weighted by Crippen LogP contribution is 2.45. The number of ether oxygens (including phenoxy) is 4. The number of aliphatic hydroxyl groups is 1. The van der Waals surface area contributed by atoms with Crippen LogP contribution in [0.15, 0.2) is 0 Å². The highest BCUT2D eigenvalue weighted by molar-refractivity contribution is 7.47. The Morgan fingerprint density at radius 1 is 0.267 bits per heavy atom. The number of carbonyl (C=O) groups excluding carboxylic acids is 4. The zero-order chi connectivity index (χ0) is 74.2. The topological polar surface area (TPSA) is 237 Å². The number of rotatable bonds is 81. The van der Waals surface area contributed by atoms with Crippen LogP contribution in [0.25, 0.3) is 0 Å². The normalized spacial score (nSPS) is 13.9. The SMILES string of the molecule is CCCCCCCCCCCCCCCCCC(=O)OC[C@H](COP(=O)(O)OC[C@@H](O)COP(=O)(O)OC[C@@H](COC(=O)CCCCCCCCCCCCC(C)C)OC(=O)CCCCCCCCCCCCCCCC)OC(=O)CCCCCCCCCCCCCCCCCCC(C)C.